The first-order valence-electron chi connectivity index (χ1n) is 4.93. The summed E-state index contributed by atoms with van der Waals surface area (Å²) in [7, 11) is 1.32. The van der Waals surface area contributed by atoms with Gasteiger partial charge in [0.05, 0.1) is 11.6 Å². The summed E-state index contributed by atoms with van der Waals surface area (Å²) in [5, 5.41) is 18.1. The summed E-state index contributed by atoms with van der Waals surface area (Å²) in [6.07, 6.45) is 0.405. The minimum Gasteiger partial charge on any atom is -0.504 e. The molecule has 4 nitrogen and oxygen atoms in total. The number of carbonyl (C=O) groups is 1. The number of carboxylic acid groups (broad SMARTS) is 1. The molecular formula is C11H12BrFO4. The monoisotopic (exact) mass is 306 g/mol. The molecule has 17 heavy (non-hydrogen) atoms. The van der Waals surface area contributed by atoms with Crippen molar-refractivity contribution in [2.45, 2.75) is 19.3 Å². The van der Waals surface area contributed by atoms with Crippen molar-refractivity contribution in [1.29, 1.82) is 0 Å². The fourth-order valence-electron chi connectivity index (χ4n) is 1.51. The highest BCUT2D eigenvalue weighted by Crippen LogP contribution is 2.37. The fourth-order valence-corrected chi connectivity index (χ4v) is 1.97. The number of hydrogen-bond acceptors (Lipinski definition) is 3. The molecule has 0 aliphatic heterocycles. The molecule has 0 amide bonds. The molecule has 94 valence electrons. The van der Waals surface area contributed by atoms with Crippen LogP contribution >= 0.6 is 15.9 Å². The second-order valence-corrected chi connectivity index (χ2v) is 4.30. The van der Waals surface area contributed by atoms with Gasteiger partial charge in [-0.3, -0.25) is 4.79 Å². The van der Waals surface area contributed by atoms with Crippen molar-refractivity contribution in [3.63, 3.8) is 0 Å². The van der Waals surface area contributed by atoms with E-state index in [-0.39, 0.29) is 40.8 Å². The Morgan fingerprint density at radius 1 is 1.59 bits per heavy atom. The fraction of sp³-hybridized carbons (Fsp3) is 0.364. The van der Waals surface area contributed by atoms with E-state index in [0.717, 1.165) is 0 Å². The molecular weight excluding hydrogens is 295 g/mol. The Kier molecular flexibility index (Phi) is 4.74. The van der Waals surface area contributed by atoms with Crippen molar-refractivity contribution < 1.29 is 24.1 Å². The number of halogens is 2. The molecule has 0 bridgehead atoms. The summed E-state index contributed by atoms with van der Waals surface area (Å²) in [5.41, 5.74) is 0.181. The first kappa shape index (κ1) is 13.8. The normalized spacial score (nSPS) is 10.3. The van der Waals surface area contributed by atoms with Gasteiger partial charge in [-0.1, -0.05) is 0 Å². The molecule has 0 aromatic heterocycles. The summed E-state index contributed by atoms with van der Waals surface area (Å²) in [4.78, 5) is 10.4. The van der Waals surface area contributed by atoms with Crippen molar-refractivity contribution >= 4 is 21.9 Å². The predicted octanol–water partition coefficient (Wildman–Crippen LogP) is 2.71. The van der Waals surface area contributed by atoms with E-state index in [4.69, 9.17) is 9.84 Å². The molecule has 0 fully saturated rings. The Morgan fingerprint density at radius 2 is 2.24 bits per heavy atom. The van der Waals surface area contributed by atoms with Gasteiger partial charge in [-0.2, -0.15) is 0 Å². The third-order valence-corrected chi connectivity index (χ3v) is 2.84. The maximum atomic E-state index is 13.8. The molecule has 0 radical (unpaired) electrons. The third-order valence-electron chi connectivity index (χ3n) is 2.27. The van der Waals surface area contributed by atoms with Crippen LogP contribution in [0.25, 0.3) is 0 Å². The lowest BCUT2D eigenvalue weighted by Gasteiger charge is -2.12. The van der Waals surface area contributed by atoms with Crippen LogP contribution in [-0.2, 0) is 11.2 Å². The van der Waals surface area contributed by atoms with E-state index in [1.54, 1.807) is 0 Å². The minimum absolute atomic E-state index is 0.0519. The molecule has 0 saturated heterocycles. The molecule has 0 spiro atoms. The number of hydrogen-bond donors (Lipinski definition) is 2. The molecule has 1 rings (SSSR count). The molecule has 0 heterocycles. The zero-order chi connectivity index (χ0) is 13.0. The van der Waals surface area contributed by atoms with Crippen molar-refractivity contribution in [1.82, 2.24) is 0 Å². The summed E-state index contributed by atoms with van der Waals surface area (Å²) >= 11 is 2.97. The molecule has 0 unspecified atom stereocenters. The number of carboxylic acids is 1. The number of rotatable bonds is 5. The zero-order valence-electron chi connectivity index (χ0n) is 9.17. The average Bonchev–Trinajstić information content (AvgIpc) is 2.24. The van der Waals surface area contributed by atoms with Gasteiger partial charge in [0.1, 0.15) is 5.82 Å². The molecule has 0 saturated carbocycles. The number of phenolic OH excluding ortho intramolecular Hbond substituents is 1. The smallest absolute Gasteiger partial charge is 0.303 e. The molecule has 2 N–H and O–H groups in total. The summed E-state index contributed by atoms with van der Waals surface area (Å²) in [6, 6.07) is 1.20. The molecule has 0 atom stereocenters. The molecule has 0 aliphatic carbocycles. The van der Waals surface area contributed by atoms with Crippen LogP contribution in [-0.4, -0.2) is 23.3 Å². The van der Waals surface area contributed by atoms with Crippen LogP contribution in [0.15, 0.2) is 10.5 Å². The van der Waals surface area contributed by atoms with E-state index in [1.165, 1.54) is 13.2 Å². The van der Waals surface area contributed by atoms with Crippen LogP contribution in [0.5, 0.6) is 11.5 Å². The van der Waals surface area contributed by atoms with Crippen molar-refractivity contribution in [2.24, 2.45) is 0 Å². The van der Waals surface area contributed by atoms with E-state index in [0.29, 0.717) is 0 Å². The van der Waals surface area contributed by atoms with Gasteiger partial charge in [0.2, 0.25) is 0 Å². The van der Waals surface area contributed by atoms with Crippen LogP contribution in [0.4, 0.5) is 4.39 Å². The summed E-state index contributed by atoms with van der Waals surface area (Å²) in [5.74, 6) is -1.60. The van der Waals surface area contributed by atoms with E-state index >= 15 is 0 Å². The van der Waals surface area contributed by atoms with Gasteiger partial charge >= 0.3 is 5.97 Å². The van der Waals surface area contributed by atoms with Crippen molar-refractivity contribution in [3.8, 4) is 11.5 Å². The van der Waals surface area contributed by atoms with Gasteiger partial charge in [-0.25, -0.2) is 4.39 Å². The Morgan fingerprint density at radius 3 is 2.76 bits per heavy atom. The number of aromatic hydroxyl groups is 1. The van der Waals surface area contributed by atoms with E-state index in [1.807, 2.05) is 0 Å². The first-order chi connectivity index (χ1) is 7.97. The summed E-state index contributed by atoms with van der Waals surface area (Å²) in [6.45, 7) is 0. The second-order valence-electron chi connectivity index (χ2n) is 3.45. The highest BCUT2D eigenvalue weighted by atomic mass is 79.9. The lowest BCUT2D eigenvalue weighted by atomic mass is 10.1. The SMILES string of the molecule is COc1c(O)cc(Br)c(F)c1CCCC(=O)O. The Balaban J connectivity index is 2.99. The maximum absolute atomic E-state index is 13.8. The lowest BCUT2D eigenvalue weighted by molar-refractivity contribution is -0.137. The number of aliphatic carboxylic acids is 1. The number of ether oxygens (including phenoxy) is 1. The highest BCUT2D eigenvalue weighted by molar-refractivity contribution is 9.10. The van der Waals surface area contributed by atoms with Crippen molar-refractivity contribution in [3.05, 3.63) is 21.9 Å². The van der Waals surface area contributed by atoms with Gasteiger partial charge in [-0.15, -0.1) is 0 Å². The highest BCUT2D eigenvalue weighted by Gasteiger charge is 2.17. The van der Waals surface area contributed by atoms with Crippen molar-refractivity contribution in [2.75, 3.05) is 7.11 Å². The van der Waals surface area contributed by atoms with Gasteiger partial charge in [0.15, 0.2) is 11.5 Å². The Labute approximate surface area is 106 Å². The predicted molar refractivity (Wildman–Crippen MR) is 62.9 cm³/mol. The second kappa shape index (κ2) is 5.86. The Hall–Kier alpha value is -1.30. The van der Waals surface area contributed by atoms with E-state index < -0.39 is 11.8 Å². The number of methoxy groups -OCH3 is 1. The quantitative estimate of drug-likeness (QED) is 0.878. The minimum atomic E-state index is -0.941. The van der Waals surface area contributed by atoms with Gasteiger partial charge in [0.25, 0.3) is 0 Å². The first-order valence-corrected chi connectivity index (χ1v) is 5.72. The standard InChI is InChI=1S/C11H12BrFO4/c1-17-11-6(3-2-4-9(15)16)10(13)7(12)5-8(11)14/h5,14H,2-4H2,1H3,(H,15,16). The zero-order valence-corrected chi connectivity index (χ0v) is 10.8. The van der Waals surface area contributed by atoms with Crippen LogP contribution in [0, 0.1) is 5.82 Å². The molecule has 1 aromatic carbocycles. The maximum Gasteiger partial charge on any atom is 0.303 e. The molecule has 0 aliphatic rings. The van der Waals surface area contributed by atoms with Crippen LogP contribution < -0.4 is 4.74 Å². The lowest BCUT2D eigenvalue weighted by Crippen LogP contribution is -2.01. The third kappa shape index (κ3) is 3.33. The van der Waals surface area contributed by atoms with Gasteiger partial charge < -0.3 is 14.9 Å². The van der Waals surface area contributed by atoms with E-state index in [2.05, 4.69) is 15.9 Å². The number of phenols is 1. The van der Waals surface area contributed by atoms with Gasteiger partial charge in [-0.05, 0) is 28.8 Å². The molecule has 6 heteroatoms. The van der Waals surface area contributed by atoms with Gasteiger partial charge in [0, 0.05) is 18.1 Å². The van der Waals surface area contributed by atoms with Crippen LogP contribution in [0.3, 0.4) is 0 Å². The van der Waals surface area contributed by atoms with Crippen LogP contribution in [0.1, 0.15) is 18.4 Å². The average molecular weight is 307 g/mol. The summed E-state index contributed by atoms with van der Waals surface area (Å²) < 4.78 is 18.8. The topological polar surface area (TPSA) is 66.8 Å². The molecule has 1 aromatic rings. The largest absolute Gasteiger partial charge is 0.504 e. The van der Waals surface area contributed by atoms with Crippen LogP contribution in [0.2, 0.25) is 0 Å². The van der Waals surface area contributed by atoms with E-state index in [9.17, 15) is 14.3 Å². The number of benzene rings is 1. The Bertz CT molecular complexity index is 434.